The van der Waals surface area contributed by atoms with Gasteiger partial charge in [0, 0.05) is 22.5 Å². The zero-order valence-corrected chi connectivity index (χ0v) is 15.8. The Kier molecular flexibility index (Phi) is 5.65. The summed E-state index contributed by atoms with van der Waals surface area (Å²) in [5, 5.41) is 3.51. The zero-order chi connectivity index (χ0) is 18.5. The van der Waals surface area contributed by atoms with Crippen LogP contribution in [0.3, 0.4) is 0 Å². The lowest BCUT2D eigenvalue weighted by Crippen LogP contribution is -2.11. The molecule has 26 heavy (non-hydrogen) atoms. The van der Waals surface area contributed by atoms with Crippen LogP contribution in [-0.4, -0.2) is 37.0 Å². The van der Waals surface area contributed by atoms with E-state index in [-0.39, 0.29) is 5.91 Å². The van der Waals surface area contributed by atoms with Gasteiger partial charge in [-0.2, -0.15) is 0 Å². The third-order valence-electron chi connectivity index (χ3n) is 3.78. The number of carbonyl (C=O) groups excluding carboxylic acids is 1. The molecule has 0 saturated carbocycles. The number of thiazole rings is 1. The maximum atomic E-state index is 12.4. The average Bonchev–Trinajstić information content (AvgIpc) is 3.04. The first kappa shape index (κ1) is 18.1. The van der Waals surface area contributed by atoms with E-state index in [0.717, 1.165) is 28.4 Å². The number of nitrogens with zero attached hydrogens (tertiary/aromatic N) is 2. The van der Waals surface area contributed by atoms with Gasteiger partial charge < -0.3 is 9.64 Å². The Morgan fingerprint density at radius 3 is 2.42 bits per heavy atom. The van der Waals surface area contributed by atoms with Crippen molar-refractivity contribution in [1.82, 2.24) is 9.88 Å². The van der Waals surface area contributed by atoms with Gasteiger partial charge in [0.15, 0.2) is 5.13 Å². The fourth-order valence-corrected chi connectivity index (χ4v) is 3.63. The molecule has 0 radical (unpaired) electrons. The van der Waals surface area contributed by atoms with Gasteiger partial charge in [-0.05, 0) is 50.5 Å². The van der Waals surface area contributed by atoms with Gasteiger partial charge in [0.25, 0.3) is 5.91 Å². The maximum absolute atomic E-state index is 12.4. The molecule has 0 spiro atoms. The van der Waals surface area contributed by atoms with Gasteiger partial charge in [0.05, 0.1) is 12.8 Å². The SMILES string of the molecule is COc1ccc(-c2nc(NC(=O)c3ccccc3)sc2CN(C)C)cc1. The molecule has 1 heterocycles. The van der Waals surface area contributed by atoms with Crippen molar-refractivity contribution in [2.24, 2.45) is 0 Å². The van der Waals surface area contributed by atoms with Crippen LogP contribution in [0.25, 0.3) is 11.3 Å². The second-order valence-corrected chi connectivity index (χ2v) is 7.16. The molecular weight excluding hydrogens is 346 g/mol. The summed E-state index contributed by atoms with van der Waals surface area (Å²) in [5.74, 6) is 0.646. The molecule has 0 aliphatic carbocycles. The highest BCUT2D eigenvalue weighted by Crippen LogP contribution is 2.33. The molecular formula is C20H21N3O2S. The van der Waals surface area contributed by atoms with Crippen molar-refractivity contribution in [2.45, 2.75) is 6.54 Å². The van der Waals surface area contributed by atoms with Crippen LogP contribution in [0.2, 0.25) is 0 Å². The Balaban J connectivity index is 1.89. The molecule has 1 aromatic heterocycles. The minimum atomic E-state index is -0.156. The molecule has 1 N–H and O–H groups in total. The lowest BCUT2D eigenvalue weighted by atomic mass is 10.1. The number of nitrogens with one attached hydrogen (secondary N) is 1. The second kappa shape index (κ2) is 8.12. The van der Waals surface area contributed by atoms with Gasteiger partial charge in [0.1, 0.15) is 5.75 Å². The monoisotopic (exact) mass is 367 g/mol. The number of hydrogen-bond donors (Lipinski definition) is 1. The van der Waals surface area contributed by atoms with E-state index in [9.17, 15) is 4.79 Å². The van der Waals surface area contributed by atoms with Crippen molar-refractivity contribution in [3.8, 4) is 17.0 Å². The van der Waals surface area contributed by atoms with Gasteiger partial charge in [-0.25, -0.2) is 4.98 Å². The van der Waals surface area contributed by atoms with Gasteiger partial charge >= 0.3 is 0 Å². The molecule has 0 aliphatic heterocycles. The highest BCUT2D eigenvalue weighted by atomic mass is 32.1. The fraction of sp³-hybridized carbons (Fsp3) is 0.200. The van der Waals surface area contributed by atoms with Gasteiger partial charge in [-0.15, -0.1) is 0 Å². The number of anilines is 1. The first-order chi connectivity index (χ1) is 12.6. The number of hydrogen-bond acceptors (Lipinski definition) is 5. The lowest BCUT2D eigenvalue weighted by Gasteiger charge is -2.09. The highest BCUT2D eigenvalue weighted by Gasteiger charge is 2.16. The van der Waals surface area contributed by atoms with E-state index < -0.39 is 0 Å². The third kappa shape index (κ3) is 4.28. The van der Waals surface area contributed by atoms with Crippen LogP contribution >= 0.6 is 11.3 Å². The van der Waals surface area contributed by atoms with E-state index in [4.69, 9.17) is 4.74 Å². The Bertz CT molecular complexity index is 874. The first-order valence-corrected chi connectivity index (χ1v) is 9.03. The van der Waals surface area contributed by atoms with Crippen molar-refractivity contribution in [3.05, 3.63) is 65.0 Å². The molecule has 3 aromatic rings. The number of methoxy groups -OCH3 is 1. The number of aromatic nitrogens is 1. The number of benzene rings is 2. The maximum Gasteiger partial charge on any atom is 0.257 e. The van der Waals surface area contributed by atoms with Crippen LogP contribution in [0.4, 0.5) is 5.13 Å². The van der Waals surface area contributed by atoms with Crippen LogP contribution in [0.15, 0.2) is 54.6 Å². The van der Waals surface area contributed by atoms with Crippen LogP contribution in [0.1, 0.15) is 15.2 Å². The van der Waals surface area contributed by atoms with Crippen molar-refractivity contribution in [3.63, 3.8) is 0 Å². The van der Waals surface area contributed by atoms with E-state index in [0.29, 0.717) is 10.7 Å². The molecule has 0 fully saturated rings. The van der Waals surface area contributed by atoms with Crippen LogP contribution in [-0.2, 0) is 6.54 Å². The molecule has 6 heteroatoms. The highest BCUT2D eigenvalue weighted by molar-refractivity contribution is 7.16. The molecule has 0 bridgehead atoms. The Labute approximate surface area is 157 Å². The Hall–Kier alpha value is -2.70. The van der Waals surface area contributed by atoms with E-state index in [1.165, 1.54) is 11.3 Å². The normalized spacial score (nSPS) is 10.8. The van der Waals surface area contributed by atoms with Gasteiger partial charge in [-0.1, -0.05) is 29.5 Å². The molecule has 0 atom stereocenters. The smallest absolute Gasteiger partial charge is 0.257 e. The predicted octanol–water partition coefficient (Wildman–Crippen LogP) is 4.13. The Morgan fingerprint density at radius 2 is 1.81 bits per heavy atom. The summed E-state index contributed by atoms with van der Waals surface area (Å²) in [4.78, 5) is 20.3. The lowest BCUT2D eigenvalue weighted by molar-refractivity contribution is 0.102. The first-order valence-electron chi connectivity index (χ1n) is 8.22. The molecule has 0 aliphatic rings. The topological polar surface area (TPSA) is 54.5 Å². The largest absolute Gasteiger partial charge is 0.497 e. The summed E-state index contributed by atoms with van der Waals surface area (Å²) in [5.41, 5.74) is 2.50. The van der Waals surface area contributed by atoms with Gasteiger partial charge in [0.2, 0.25) is 0 Å². The summed E-state index contributed by atoms with van der Waals surface area (Å²) in [7, 11) is 5.67. The van der Waals surface area contributed by atoms with Crippen LogP contribution < -0.4 is 10.1 Å². The number of rotatable bonds is 6. The van der Waals surface area contributed by atoms with Crippen LogP contribution in [0, 0.1) is 0 Å². The summed E-state index contributed by atoms with van der Waals surface area (Å²) in [6.45, 7) is 0.750. The quantitative estimate of drug-likeness (QED) is 0.712. The molecule has 0 saturated heterocycles. The van der Waals surface area contributed by atoms with Crippen molar-refractivity contribution >= 4 is 22.4 Å². The molecule has 2 aromatic carbocycles. The number of ether oxygens (including phenoxy) is 1. The number of carbonyl (C=O) groups is 1. The molecule has 0 unspecified atom stereocenters. The van der Waals surface area contributed by atoms with Crippen molar-refractivity contribution < 1.29 is 9.53 Å². The number of amides is 1. The predicted molar refractivity (Wildman–Crippen MR) is 106 cm³/mol. The van der Waals surface area contributed by atoms with E-state index in [1.54, 1.807) is 19.2 Å². The van der Waals surface area contributed by atoms with E-state index in [1.807, 2.05) is 56.6 Å². The molecule has 5 nitrogen and oxygen atoms in total. The average molecular weight is 367 g/mol. The molecule has 3 rings (SSSR count). The third-order valence-corrected chi connectivity index (χ3v) is 4.73. The zero-order valence-electron chi connectivity index (χ0n) is 15.0. The van der Waals surface area contributed by atoms with E-state index >= 15 is 0 Å². The summed E-state index contributed by atoms with van der Waals surface area (Å²) in [6.07, 6.45) is 0. The summed E-state index contributed by atoms with van der Waals surface area (Å²) < 4.78 is 5.22. The van der Waals surface area contributed by atoms with Crippen molar-refractivity contribution in [1.29, 1.82) is 0 Å². The molecule has 1 amide bonds. The minimum Gasteiger partial charge on any atom is -0.497 e. The fourth-order valence-electron chi connectivity index (χ4n) is 2.53. The van der Waals surface area contributed by atoms with Crippen molar-refractivity contribution in [2.75, 3.05) is 26.5 Å². The summed E-state index contributed by atoms with van der Waals surface area (Å²) in [6, 6.07) is 16.9. The summed E-state index contributed by atoms with van der Waals surface area (Å²) >= 11 is 1.50. The standard InChI is InChI=1S/C20H21N3O2S/c1-23(2)13-17-18(14-9-11-16(25-3)12-10-14)21-20(26-17)22-19(24)15-7-5-4-6-8-15/h4-12H,13H2,1-3H3,(H,21,22,24). The molecule has 134 valence electrons. The van der Waals surface area contributed by atoms with Crippen LogP contribution in [0.5, 0.6) is 5.75 Å². The minimum absolute atomic E-state index is 0.156. The van der Waals surface area contributed by atoms with E-state index in [2.05, 4.69) is 15.2 Å². The Morgan fingerprint density at radius 1 is 1.12 bits per heavy atom. The second-order valence-electron chi connectivity index (χ2n) is 6.08. The van der Waals surface area contributed by atoms with Gasteiger partial charge in [-0.3, -0.25) is 10.1 Å².